The third-order valence-corrected chi connectivity index (χ3v) is 4.62. The van der Waals surface area contributed by atoms with Crippen LogP contribution in [-0.4, -0.2) is 30.8 Å². The molecule has 0 spiro atoms. The molecule has 0 aliphatic carbocycles. The highest BCUT2D eigenvalue weighted by atomic mass is 32.2. The molecule has 0 bridgehead atoms. The van der Waals surface area contributed by atoms with Crippen molar-refractivity contribution in [1.29, 1.82) is 0 Å². The van der Waals surface area contributed by atoms with Crippen molar-refractivity contribution in [3.63, 3.8) is 0 Å². The summed E-state index contributed by atoms with van der Waals surface area (Å²) >= 11 is 0. The van der Waals surface area contributed by atoms with Crippen LogP contribution in [0.15, 0.2) is 40.9 Å². The molecule has 1 N–H and O–H groups in total. The smallest absolute Gasteiger partial charge is 0.333 e. The molecule has 5 nitrogen and oxygen atoms in total. The monoisotopic (exact) mass is 297 g/mol. The Bertz CT molecular complexity index is 615. The molecule has 0 atom stereocenters. The lowest BCUT2D eigenvalue weighted by atomic mass is 10.1. The van der Waals surface area contributed by atoms with Gasteiger partial charge in [-0.1, -0.05) is 31.5 Å². The number of hydrogen-bond acceptors (Lipinski definition) is 3. The lowest BCUT2D eigenvalue weighted by Crippen LogP contribution is -2.24. The van der Waals surface area contributed by atoms with Gasteiger partial charge in [-0.15, -0.1) is 0 Å². The first kappa shape index (κ1) is 16.2. The van der Waals surface area contributed by atoms with E-state index in [1.54, 1.807) is 26.0 Å². The Labute approximate surface area is 119 Å². The average molecular weight is 297 g/mol. The summed E-state index contributed by atoms with van der Waals surface area (Å²) in [5, 5.41) is 9.08. The van der Waals surface area contributed by atoms with Crippen LogP contribution in [0.4, 0.5) is 0 Å². The fourth-order valence-electron chi connectivity index (χ4n) is 1.59. The number of carboxylic acids is 1. The number of sulfonamides is 1. The van der Waals surface area contributed by atoms with E-state index >= 15 is 0 Å². The lowest BCUT2D eigenvalue weighted by Gasteiger charge is -2.17. The molecule has 0 saturated carbocycles. The van der Waals surface area contributed by atoms with Gasteiger partial charge in [-0.2, -0.15) is 0 Å². The van der Waals surface area contributed by atoms with Gasteiger partial charge in [0.15, 0.2) is 0 Å². The van der Waals surface area contributed by atoms with Crippen molar-refractivity contribution in [2.24, 2.45) is 5.92 Å². The SMILES string of the molecule is Cc1ccc(S(=O)(=O)N(C)/C=C(\C(=O)O)C(C)C)cc1. The van der Waals surface area contributed by atoms with Gasteiger partial charge in [0.05, 0.1) is 10.5 Å². The van der Waals surface area contributed by atoms with Gasteiger partial charge in [0, 0.05) is 13.2 Å². The summed E-state index contributed by atoms with van der Waals surface area (Å²) in [7, 11) is -2.39. The van der Waals surface area contributed by atoms with Gasteiger partial charge in [0.1, 0.15) is 0 Å². The molecule has 0 aliphatic rings. The second-order valence-electron chi connectivity index (χ2n) is 4.88. The van der Waals surface area contributed by atoms with Crippen molar-refractivity contribution in [2.45, 2.75) is 25.7 Å². The van der Waals surface area contributed by atoms with E-state index in [0.717, 1.165) is 16.1 Å². The molecule has 1 aromatic rings. The number of nitrogens with zero attached hydrogens (tertiary/aromatic N) is 1. The van der Waals surface area contributed by atoms with Crippen molar-refractivity contribution < 1.29 is 18.3 Å². The van der Waals surface area contributed by atoms with Crippen molar-refractivity contribution in [2.75, 3.05) is 7.05 Å². The van der Waals surface area contributed by atoms with Crippen molar-refractivity contribution >= 4 is 16.0 Å². The molecule has 0 heterocycles. The van der Waals surface area contributed by atoms with E-state index in [1.807, 2.05) is 6.92 Å². The van der Waals surface area contributed by atoms with Crippen LogP contribution in [0.5, 0.6) is 0 Å². The Kier molecular flexibility index (Phi) is 4.94. The first-order chi connectivity index (χ1) is 9.16. The highest BCUT2D eigenvalue weighted by Crippen LogP contribution is 2.18. The van der Waals surface area contributed by atoms with Crippen LogP contribution in [-0.2, 0) is 14.8 Å². The molecule has 0 radical (unpaired) electrons. The second kappa shape index (κ2) is 6.09. The number of aliphatic carboxylic acids is 1. The van der Waals surface area contributed by atoms with Gasteiger partial charge in [-0.25, -0.2) is 13.2 Å². The zero-order chi connectivity index (χ0) is 15.5. The van der Waals surface area contributed by atoms with Gasteiger partial charge >= 0.3 is 5.97 Å². The minimum atomic E-state index is -3.72. The van der Waals surface area contributed by atoms with Crippen LogP contribution >= 0.6 is 0 Å². The Morgan fingerprint density at radius 3 is 2.15 bits per heavy atom. The molecule has 0 amide bonds. The number of carbonyl (C=O) groups is 1. The van der Waals surface area contributed by atoms with Gasteiger partial charge in [-0.05, 0) is 25.0 Å². The van der Waals surface area contributed by atoms with E-state index in [2.05, 4.69) is 0 Å². The molecule has 0 unspecified atom stereocenters. The largest absolute Gasteiger partial charge is 0.478 e. The molecule has 0 aliphatic heterocycles. The third-order valence-electron chi connectivity index (χ3n) is 2.89. The van der Waals surface area contributed by atoms with E-state index < -0.39 is 16.0 Å². The summed E-state index contributed by atoms with van der Waals surface area (Å²) in [6.45, 7) is 5.26. The van der Waals surface area contributed by atoms with Crippen LogP contribution in [0.1, 0.15) is 19.4 Å². The van der Waals surface area contributed by atoms with Gasteiger partial charge < -0.3 is 5.11 Å². The molecule has 20 heavy (non-hydrogen) atoms. The molecule has 0 saturated heterocycles. The molecular formula is C14H19NO4S. The maximum Gasteiger partial charge on any atom is 0.333 e. The van der Waals surface area contributed by atoms with E-state index in [0.29, 0.717) is 0 Å². The number of rotatable bonds is 5. The highest BCUT2D eigenvalue weighted by Gasteiger charge is 2.21. The van der Waals surface area contributed by atoms with E-state index in [-0.39, 0.29) is 16.4 Å². The molecular weight excluding hydrogens is 278 g/mol. The first-order valence-corrected chi connectivity index (χ1v) is 7.60. The van der Waals surface area contributed by atoms with Crippen molar-refractivity contribution in [3.8, 4) is 0 Å². The second-order valence-corrected chi connectivity index (χ2v) is 6.88. The average Bonchev–Trinajstić information content (AvgIpc) is 2.35. The number of carboxylic acid groups (broad SMARTS) is 1. The third kappa shape index (κ3) is 3.60. The minimum absolute atomic E-state index is 0.0446. The summed E-state index contributed by atoms with van der Waals surface area (Å²) in [6, 6.07) is 6.41. The molecule has 1 aromatic carbocycles. The Hall–Kier alpha value is -1.82. The number of hydrogen-bond donors (Lipinski definition) is 1. The zero-order valence-electron chi connectivity index (χ0n) is 12.0. The summed E-state index contributed by atoms with van der Waals surface area (Å²) in [5.41, 5.74) is 0.999. The standard InChI is InChI=1S/C14H19NO4S/c1-10(2)13(14(16)17)9-15(4)20(18,19)12-7-5-11(3)6-8-12/h5-10H,1-4H3,(H,16,17)/b13-9-. The Morgan fingerprint density at radius 2 is 1.75 bits per heavy atom. The van der Waals surface area contributed by atoms with Crippen molar-refractivity contribution in [3.05, 3.63) is 41.6 Å². The summed E-state index contributed by atoms with van der Waals surface area (Å²) < 4.78 is 25.6. The lowest BCUT2D eigenvalue weighted by molar-refractivity contribution is -0.133. The zero-order valence-corrected chi connectivity index (χ0v) is 12.8. The topological polar surface area (TPSA) is 74.7 Å². The van der Waals surface area contributed by atoms with Crippen LogP contribution < -0.4 is 0 Å². The van der Waals surface area contributed by atoms with E-state index in [1.165, 1.54) is 19.2 Å². The maximum atomic E-state index is 12.3. The molecule has 0 fully saturated rings. The fraction of sp³-hybridized carbons (Fsp3) is 0.357. The van der Waals surface area contributed by atoms with Gasteiger partial charge in [-0.3, -0.25) is 4.31 Å². The number of aryl methyl sites for hydroxylation is 1. The van der Waals surface area contributed by atoms with E-state index in [9.17, 15) is 13.2 Å². The molecule has 1 rings (SSSR count). The first-order valence-electron chi connectivity index (χ1n) is 6.16. The van der Waals surface area contributed by atoms with Crippen LogP contribution in [0.2, 0.25) is 0 Å². The Morgan fingerprint density at radius 1 is 1.25 bits per heavy atom. The van der Waals surface area contributed by atoms with Gasteiger partial charge in [0.25, 0.3) is 10.0 Å². The maximum absolute atomic E-state index is 12.3. The normalized spacial score (nSPS) is 12.6. The van der Waals surface area contributed by atoms with Crippen LogP contribution in [0.3, 0.4) is 0 Å². The van der Waals surface area contributed by atoms with Crippen LogP contribution in [0.25, 0.3) is 0 Å². The summed E-state index contributed by atoms with van der Waals surface area (Å²) in [6.07, 6.45) is 1.15. The molecule has 6 heteroatoms. The molecule has 110 valence electrons. The summed E-state index contributed by atoms with van der Waals surface area (Å²) in [4.78, 5) is 11.2. The fourth-order valence-corrected chi connectivity index (χ4v) is 2.66. The highest BCUT2D eigenvalue weighted by molar-refractivity contribution is 7.89. The summed E-state index contributed by atoms with van der Waals surface area (Å²) in [5.74, 6) is -1.39. The predicted molar refractivity (Wildman–Crippen MR) is 76.7 cm³/mol. The number of benzene rings is 1. The van der Waals surface area contributed by atoms with Gasteiger partial charge in [0.2, 0.25) is 0 Å². The quantitative estimate of drug-likeness (QED) is 0.846. The van der Waals surface area contributed by atoms with E-state index in [4.69, 9.17) is 5.11 Å². The Balaban J connectivity index is 3.18. The predicted octanol–water partition coefficient (Wildman–Crippen LogP) is 2.24. The minimum Gasteiger partial charge on any atom is -0.478 e. The van der Waals surface area contributed by atoms with Crippen molar-refractivity contribution in [1.82, 2.24) is 4.31 Å². The molecule has 0 aromatic heterocycles. The van der Waals surface area contributed by atoms with Crippen LogP contribution in [0, 0.1) is 12.8 Å².